The maximum Gasteiger partial charge on any atom is 0.148 e. The first-order valence-corrected chi connectivity index (χ1v) is 25.1. The van der Waals surface area contributed by atoms with Gasteiger partial charge in [0.2, 0.25) is 0 Å². The van der Waals surface area contributed by atoms with Crippen molar-refractivity contribution < 1.29 is 27.5 Å². The van der Waals surface area contributed by atoms with Crippen LogP contribution in [0.25, 0.3) is 83.9 Å². The number of phenols is 1. The monoisotopic (exact) mass is 1130 g/mol. The fourth-order valence-electron chi connectivity index (χ4n) is 9.65. The van der Waals surface area contributed by atoms with E-state index in [4.69, 9.17) is 9.97 Å². The maximum atomic E-state index is 12.8. The van der Waals surface area contributed by atoms with Crippen LogP contribution in [0.3, 0.4) is 0 Å². The molecule has 2 aromatic heterocycles. The van der Waals surface area contributed by atoms with Crippen LogP contribution in [0.5, 0.6) is 5.75 Å². The van der Waals surface area contributed by atoms with E-state index >= 15 is 0 Å². The van der Waals surface area contributed by atoms with Gasteiger partial charge in [0, 0.05) is 45.5 Å². The Balaban J connectivity index is 0.00000711. The molecule has 0 unspecified atom stereocenters. The number of pyridine rings is 1. The Hall–Kier alpha value is -6.35. The second kappa shape index (κ2) is 19.6. The molecule has 0 aliphatic rings. The summed E-state index contributed by atoms with van der Waals surface area (Å²) in [6, 6.07) is 57.5. The average Bonchev–Trinajstić information content (AvgIpc) is 3.72. The Morgan fingerprint density at radius 3 is 1.68 bits per heavy atom. The number of hydrogen-bond acceptors (Lipinski definition) is 3. The Labute approximate surface area is 445 Å². The Kier molecular flexibility index (Phi) is 13.8. The van der Waals surface area contributed by atoms with E-state index in [1.54, 1.807) is 0 Å². The minimum absolute atomic E-state index is 0. The number of imidazole rings is 1. The molecule has 4 nitrogen and oxygen atoms in total. The van der Waals surface area contributed by atoms with Gasteiger partial charge in [0.1, 0.15) is 11.6 Å². The summed E-state index contributed by atoms with van der Waals surface area (Å²) in [4.78, 5) is 10.7. The fraction of sp³-hybridized carbons (Fsp3) is 0.284. The molecule has 9 rings (SSSR count). The number of aromatic hydroxyl groups is 1. The standard InChI is InChI=1S/C67H70N3O.Pt/c1-42(2)53-40-55(45-24-19-16-20-25-45)60(41-54(53)44-22-17-15-18-23-44)70-59-27-21-26-52(61(59)69-63(70)56-38-51(66(9,10)11)39-57(62(56)71)67(12,13)14)47-34-48(36-50(35-47)65(6,7)8)58-37-46(32-33-68-58)43-28-30-49(31-29-43)64(3,4)5;/h15-33,35-42,71H,1-14H3;/q-1;/i42D;. The number of benzene rings is 7. The van der Waals surface area contributed by atoms with Crippen molar-refractivity contribution in [3.8, 4) is 78.6 Å². The van der Waals surface area contributed by atoms with Gasteiger partial charge < -0.3 is 5.11 Å². The first-order valence-electron chi connectivity index (χ1n) is 25.6. The predicted molar refractivity (Wildman–Crippen MR) is 301 cm³/mol. The molecule has 0 saturated heterocycles. The van der Waals surface area contributed by atoms with Gasteiger partial charge >= 0.3 is 0 Å². The maximum absolute atomic E-state index is 12.8. The number of nitrogens with zero attached hydrogens (tertiary/aromatic N) is 3. The van der Waals surface area contributed by atoms with Crippen LogP contribution >= 0.6 is 0 Å². The zero-order valence-corrected chi connectivity index (χ0v) is 46.9. The van der Waals surface area contributed by atoms with Gasteiger partial charge in [0.15, 0.2) is 0 Å². The SMILES string of the molecule is [2H]C(C)(C)c1cc(-c2ccccc2)c(-n2c(-c3cc(C(C)(C)C)cc(C(C)(C)C)c3O)nc3c(-c4[c-]c(-c5cc(-c6ccc(C(C)(C)C)cc6)ccn5)cc(C(C)(C)C)c4)cccc32)cc1-c1ccccc1.[Pt]. The van der Waals surface area contributed by atoms with E-state index < -0.39 is 5.89 Å². The third-order valence-electron chi connectivity index (χ3n) is 13.9. The van der Waals surface area contributed by atoms with Crippen molar-refractivity contribution in [2.75, 3.05) is 0 Å². The molecule has 9 aromatic rings. The van der Waals surface area contributed by atoms with Crippen molar-refractivity contribution in [3.05, 3.63) is 192 Å². The summed E-state index contributed by atoms with van der Waals surface area (Å²) in [5.74, 6) is -0.0952. The normalized spacial score (nSPS) is 12.7. The zero-order valence-electron chi connectivity index (χ0n) is 45.6. The number of para-hydroxylation sites is 1. The molecular formula is C67H70N3OPt-. The molecule has 5 heteroatoms. The van der Waals surface area contributed by atoms with Crippen molar-refractivity contribution in [1.82, 2.24) is 14.5 Å². The number of rotatable bonds is 8. The number of hydrogen-bond donors (Lipinski definition) is 1. The summed E-state index contributed by atoms with van der Waals surface area (Å²) in [6.45, 7) is 30.5. The van der Waals surface area contributed by atoms with Crippen molar-refractivity contribution in [2.24, 2.45) is 0 Å². The first-order chi connectivity index (χ1) is 33.8. The van der Waals surface area contributed by atoms with Crippen LogP contribution in [-0.2, 0) is 42.7 Å². The summed E-state index contributed by atoms with van der Waals surface area (Å²) in [5.41, 5.74) is 17.6. The summed E-state index contributed by atoms with van der Waals surface area (Å²) >= 11 is 0. The van der Waals surface area contributed by atoms with Crippen LogP contribution in [0.4, 0.5) is 0 Å². The average molecular weight is 1130 g/mol. The van der Waals surface area contributed by atoms with Crippen LogP contribution in [0.15, 0.2) is 158 Å². The molecule has 0 spiro atoms. The summed E-state index contributed by atoms with van der Waals surface area (Å²) in [5, 5.41) is 12.8. The molecule has 0 aliphatic heterocycles. The van der Waals surface area contributed by atoms with E-state index in [1.807, 2.05) is 32.2 Å². The first kappa shape index (κ1) is 50.6. The zero-order chi connectivity index (χ0) is 51.7. The molecule has 2 heterocycles. The van der Waals surface area contributed by atoms with Gasteiger partial charge in [-0.1, -0.05) is 217 Å². The van der Waals surface area contributed by atoms with Gasteiger partial charge in [-0.05, 0) is 102 Å². The third kappa shape index (κ3) is 10.3. The summed E-state index contributed by atoms with van der Waals surface area (Å²) in [6.07, 6.45) is 1.90. The number of aromatic nitrogens is 3. The van der Waals surface area contributed by atoms with Crippen LogP contribution in [-0.4, -0.2) is 19.6 Å². The van der Waals surface area contributed by atoms with Crippen LogP contribution in [0.1, 0.15) is 132 Å². The fourth-order valence-corrected chi connectivity index (χ4v) is 9.65. The Bertz CT molecular complexity index is 3460. The Morgan fingerprint density at radius 2 is 1.10 bits per heavy atom. The second-order valence-electron chi connectivity index (χ2n) is 23.7. The van der Waals surface area contributed by atoms with E-state index in [2.05, 4.69) is 233 Å². The molecule has 0 radical (unpaired) electrons. The molecule has 72 heavy (non-hydrogen) atoms. The molecule has 0 atom stereocenters. The smallest absolute Gasteiger partial charge is 0.148 e. The molecule has 370 valence electrons. The quantitative estimate of drug-likeness (QED) is 0.154. The van der Waals surface area contributed by atoms with Gasteiger partial charge in [0.05, 0.1) is 22.3 Å². The largest absolute Gasteiger partial charge is 0.507 e. The number of phenolic OH excluding ortho intramolecular Hbond substituents is 1. The molecule has 1 N–H and O–H groups in total. The van der Waals surface area contributed by atoms with Gasteiger partial charge in [-0.15, -0.1) is 29.3 Å². The van der Waals surface area contributed by atoms with E-state index in [-0.39, 0.29) is 48.5 Å². The van der Waals surface area contributed by atoms with E-state index in [0.29, 0.717) is 11.4 Å². The van der Waals surface area contributed by atoms with Gasteiger partial charge in [-0.3, -0.25) is 9.55 Å². The second-order valence-corrected chi connectivity index (χ2v) is 23.7. The minimum Gasteiger partial charge on any atom is -0.507 e. The summed E-state index contributed by atoms with van der Waals surface area (Å²) in [7, 11) is 0. The molecule has 0 bridgehead atoms. The van der Waals surface area contributed by atoms with Crippen LogP contribution in [0, 0.1) is 6.07 Å². The van der Waals surface area contributed by atoms with E-state index in [0.717, 1.165) is 94.7 Å². The van der Waals surface area contributed by atoms with Gasteiger partial charge in [-0.25, -0.2) is 4.98 Å². The molecule has 7 aromatic carbocycles. The molecule has 0 amide bonds. The van der Waals surface area contributed by atoms with Crippen LogP contribution in [0.2, 0.25) is 0 Å². The van der Waals surface area contributed by atoms with Gasteiger partial charge in [-0.2, -0.15) is 0 Å². The summed E-state index contributed by atoms with van der Waals surface area (Å²) < 4.78 is 11.8. The van der Waals surface area contributed by atoms with E-state index in [9.17, 15) is 6.48 Å². The number of fused-ring (bicyclic) bond motifs is 1. The minimum atomic E-state index is -0.933. The van der Waals surface area contributed by atoms with E-state index in [1.165, 1.54) is 5.56 Å². The predicted octanol–water partition coefficient (Wildman–Crippen LogP) is 18.2. The molecular weight excluding hydrogens is 1060 g/mol. The van der Waals surface area contributed by atoms with Crippen molar-refractivity contribution in [2.45, 2.75) is 124 Å². The Morgan fingerprint density at radius 1 is 0.514 bits per heavy atom. The molecule has 0 saturated carbocycles. The van der Waals surface area contributed by atoms with Crippen molar-refractivity contribution in [1.29, 1.82) is 0 Å². The molecule has 0 aliphatic carbocycles. The third-order valence-corrected chi connectivity index (χ3v) is 13.9. The molecule has 0 fully saturated rings. The van der Waals surface area contributed by atoms with Crippen molar-refractivity contribution >= 4 is 11.0 Å². The van der Waals surface area contributed by atoms with Crippen molar-refractivity contribution in [3.63, 3.8) is 0 Å². The van der Waals surface area contributed by atoms with Gasteiger partial charge in [0.25, 0.3) is 0 Å². The topological polar surface area (TPSA) is 50.9 Å². The van der Waals surface area contributed by atoms with Crippen LogP contribution < -0.4 is 0 Å².